The standard InChI is InChI=1S/C28H26FN3O4/c1-32(2)27(33)17-36-25-13-8-18(14-26(25)35-3)16-30-28(34)22-15-24(19-9-11-20(29)12-10-19)31-23-7-5-4-6-21(22)23/h4-15H,16-17H2,1-3H3,(H,30,34). The van der Waals surface area contributed by atoms with Gasteiger partial charge in [0.1, 0.15) is 5.82 Å². The molecule has 4 rings (SSSR count). The molecule has 2 amide bonds. The van der Waals surface area contributed by atoms with E-state index in [0.29, 0.717) is 39.2 Å². The summed E-state index contributed by atoms with van der Waals surface area (Å²) >= 11 is 0. The molecule has 0 aliphatic carbocycles. The first-order chi connectivity index (χ1) is 17.4. The van der Waals surface area contributed by atoms with Crippen LogP contribution >= 0.6 is 0 Å². The van der Waals surface area contributed by atoms with Crippen molar-refractivity contribution in [3.05, 3.63) is 89.7 Å². The number of nitrogens with one attached hydrogen (secondary N) is 1. The predicted molar refractivity (Wildman–Crippen MR) is 135 cm³/mol. The van der Waals surface area contributed by atoms with Crippen LogP contribution in [0.25, 0.3) is 22.2 Å². The number of amides is 2. The molecule has 1 heterocycles. The van der Waals surface area contributed by atoms with Crippen LogP contribution in [0.2, 0.25) is 0 Å². The first kappa shape index (κ1) is 24.7. The van der Waals surface area contributed by atoms with Gasteiger partial charge in [-0.25, -0.2) is 9.37 Å². The fourth-order valence-corrected chi connectivity index (χ4v) is 3.62. The van der Waals surface area contributed by atoms with Crippen molar-refractivity contribution >= 4 is 22.7 Å². The lowest BCUT2D eigenvalue weighted by Gasteiger charge is -2.15. The Morgan fingerprint density at radius 2 is 1.72 bits per heavy atom. The number of halogens is 1. The van der Waals surface area contributed by atoms with E-state index in [9.17, 15) is 14.0 Å². The second-order valence-corrected chi connectivity index (χ2v) is 8.32. The number of aromatic nitrogens is 1. The lowest BCUT2D eigenvalue weighted by atomic mass is 10.0. The molecule has 0 aliphatic heterocycles. The third-order valence-corrected chi connectivity index (χ3v) is 5.63. The Labute approximate surface area is 208 Å². The third-order valence-electron chi connectivity index (χ3n) is 5.63. The second-order valence-electron chi connectivity index (χ2n) is 8.32. The van der Waals surface area contributed by atoms with Crippen LogP contribution in [0.5, 0.6) is 11.5 Å². The van der Waals surface area contributed by atoms with Gasteiger partial charge in [-0.1, -0.05) is 24.3 Å². The molecule has 1 N–H and O–H groups in total. The van der Waals surface area contributed by atoms with E-state index in [0.717, 1.165) is 5.56 Å². The molecule has 184 valence electrons. The molecule has 4 aromatic rings. The summed E-state index contributed by atoms with van der Waals surface area (Å²) in [7, 11) is 4.82. The van der Waals surface area contributed by atoms with Gasteiger partial charge in [0.25, 0.3) is 11.8 Å². The maximum absolute atomic E-state index is 13.4. The van der Waals surface area contributed by atoms with Crippen LogP contribution in [-0.4, -0.2) is 49.5 Å². The first-order valence-electron chi connectivity index (χ1n) is 11.3. The molecule has 1 aromatic heterocycles. The predicted octanol–water partition coefficient (Wildman–Crippen LogP) is 4.45. The number of methoxy groups -OCH3 is 1. The highest BCUT2D eigenvalue weighted by atomic mass is 19.1. The SMILES string of the molecule is COc1cc(CNC(=O)c2cc(-c3ccc(F)cc3)nc3ccccc23)ccc1OCC(=O)N(C)C. The third kappa shape index (κ3) is 5.60. The van der Waals surface area contributed by atoms with Crippen molar-refractivity contribution < 1.29 is 23.5 Å². The Hall–Kier alpha value is -4.46. The summed E-state index contributed by atoms with van der Waals surface area (Å²) in [6, 6.07) is 20.4. The highest BCUT2D eigenvalue weighted by molar-refractivity contribution is 6.07. The lowest BCUT2D eigenvalue weighted by Crippen LogP contribution is -2.27. The fourth-order valence-electron chi connectivity index (χ4n) is 3.62. The Balaban J connectivity index is 1.54. The minimum Gasteiger partial charge on any atom is -0.493 e. The molecule has 8 heteroatoms. The Kier molecular flexibility index (Phi) is 7.44. The van der Waals surface area contributed by atoms with Gasteiger partial charge in [0.05, 0.1) is 23.9 Å². The van der Waals surface area contributed by atoms with Crippen molar-refractivity contribution in [2.45, 2.75) is 6.54 Å². The van der Waals surface area contributed by atoms with E-state index in [1.807, 2.05) is 24.3 Å². The number of nitrogens with zero attached hydrogens (tertiary/aromatic N) is 2. The van der Waals surface area contributed by atoms with E-state index in [1.54, 1.807) is 50.5 Å². The molecule has 3 aromatic carbocycles. The van der Waals surface area contributed by atoms with Gasteiger partial charge in [0.15, 0.2) is 18.1 Å². The van der Waals surface area contributed by atoms with Crippen LogP contribution in [0.1, 0.15) is 15.9 Å². The van der Waals surface area contributed by atoms with E-state index in [4.69, 9.17) is 9.47 Å². The lowest BCUT2D eigenvalue weighted by molar-refractivity contribution is -0.130. The molecule has 0 aliphatic rings. The zero-order valence-corrected chi connectivity index (χ0v) is 20.2. The molecular formula is C28H26FN3O4. The number of benzene rings is 3. The number of likely N-dealkylation sites (N-methyl/N-ethyl adjacent to an activating group) is 1. The molecule has 0 bridgehead atoms. The normalized spacial score (nSPS) is 10.7. The number of ether oxygens (including phenoxy) is 2. The molecule has 7 nitrogen and oxygen atoms in total. The maximum Gasteiger partial charge on any atom is 0.259 e. The summed E-state index contributed by atoms with van der Waals surface area (Å²) in [5.74, 6) is 0.118. The minimum absolute atomic E-state index is 0.106. The Morgan fingerprint density at radius 1 is 0.972 bits per heavy atom. The summed E-state index contributed by atoms with van der Waals surface area (Å²) in [5, 5.41) is 3.66. The van der Waals surface area contributed by atoms with Crippen molar-refractivity contribution in [2.75, 3.05) is 27.8 Å². The van der Waals surface area contributed by atoms with Gasteiger partial charge < -0.3 is 19.7 Å². The maximum atomic E-state index is 13.4. The number of fused-ring (bicyclic) bond motifs is 1. The van der Waals surface area contributed by atoms with E-state index in [2.05, 4.69) is 10.3 Å². The molecule has 0 unspecified atom stereocenters. The number of pyridine rings is 1. The van der Waals surface area contributed by atoms with Gasteiger partial charge in [-0.05, 0) is 54.1 Å². The molecule has 0 atom stereocenters. The Morgan fingerprint density at radius 3 is 2.44 bits per heavy atom. The summed E-state index contributed by atoms with van der Waals surface area (Å²) in [5.41, 5.74) is 3.22. The summed E-state index contributed by atoms with van der Waals surface area (Å²) in [6.45, 7) is 0.138. The van der Waals surface area contributed by atoms with E-state index in [-0.39, 0.29) is 30.8 Å². The van der Waals surface area contributed by atoms with E-state index < -0.39 is 0 Å². The van der Waals surface area contributed by atoms with Gasteiger partial charge in [-0.2, -0.15) is 0 Å². The monoisotopic (exact) mass is 487 g/mol. The number of para-hydroxylation sites is 1. The topological polar surface area (TPSA) is 80.8 Å². The largest absolute Gasteiger partial charge is 0.493 e. The molecule has 0 saturated carbocycles. The highest BCUT2D eigenvalue weighted by Crippen LogP contribution is 2.29. The molecule has 0 spiro atoms. The zero-order valence-electron chi connectivity index (χ0n) is 20.2. The Bertz CT molecular complexity index is 1400. The first-order valence-corrected chi connectivity index (χ1v) is 11.3. The molecule has 0 fully saturated rings. The van der Waals surface area contributed by atoms with Crippen molar-refractivity contribution in [3.63, 3.8) is 0 Å². The number of carbonyl (C=O) groups is 2. The summed E-state index contributed by atoms with van der Waals surface area (Å²) < 4.78 is 24.4. The molecule has 0 saturated heterocycles. The van der Waals surface area contributed by atoms with Crippen LogP contribution in [0.4, 0.5) is 4.39 Å². The van der Waals surface area contributed by atoms with Crippen LogP contribution in [0, 0.1) is 5.82 Å². The second kappa shape index (κ2) is 10.9. The number of carbonyl (C=O) groups excluding carboxylic acids is 2. The zero-order chi connectivity index (χ0) is 25.7. The highest BCUT2D eigenvalue weighted by Gasteiger charge is 2.15. The average Bonchev–Trinajstić information content (AvgIpc) is 2.90. The smallest absolute Gasteiger partial charge is 0.259 e. The summed E-state index contributed by atoms with van der Waals surface area (Å²) in [6.07, 6.45) is 0. The number of hydrogen-bond donors (Lipinski definition) is 1. The van der Waals surface area contributed by atoms with Crippen molar-refractivity contribution in [1.29, 1.82) is 0 Å². The van der Waals surface area contributed by atoms with Crippen LogP contribution in [-0.2, 0) is 11.3 Å². The molecule has 36 heavy (non-hydrogen) atoms. The van der Waals surface area contributed by atoms with Gasteiger partial charge in [-0.3, -0.25) is 9.59 Å². The van der Waals surface area contributed by atoms with Gasteiger partial charge in [0, 0.05) is 31.6 Å². The van der Waals surface area contributed by atoms with E-state index in [1.165, 1.54) is 24.1 Å². The van der Waals surface area contributed by atoms with Crippen molar-refractivity contribution in [3.8, 4) is 22.8 Å². The van der Waals surface area contributed by atoms with Crippen molar-refractivity contribution in [1.82, 2.24) is 15.2 Å². The molecular weight excluding hydrogens is 461 g/mol. The fraction of sp³-hybridized carbons (Fsp3) is 0.179. The van der Waals surface area contributed by atoms with Gasteiger partial charge >= 0.3 is 0 Å². The summed E-state index contributed by atoms with van der Waals surface area (Å²) in [4.78, 5) is 31.1. The van der Waals surface area contributed by atoms with Gasteiger partial charge in [0.2, 0.25) is 0 Å². The van der Waals surface area contributed by atoms with E-state index >= 15 is 0 Å². The quantitative estimate of drug-likeness (QED) is 0.397. The average molecular weight is 488 g/mol. The minimum atomic E-state index is -0.339. The number of hydrogen-bond acceptors (Lipinski definition) is 5. The van der Waals surface area contributed by atoms with Crippen molar-refractivity contribution in [2.24, 2.45) is 0 Å². The van der Waals surface area contributed by atoms with Crippen LogP contribution in [0.3, 0.4) is 0 Å². The van der Waals surface area contributed by atoms with Crippen LogP contribution in [0.15, 0.2) is 72.8 Å². The number of rotatable bonds is 8. The van der Waals surface area contributed by atoms with Gasteiger partial charge in [-0.15, -0.1) is 0 Å². The molecule has 0 radical (unpaired) electrons. The van der Waals surface area contributed by atoms with Crippen LogP contribution < -0.4 is 14.8 Å².